The molecule has 120 valence electrons. The van der Waals surface area contributed by atoms with Crippen LogP contribution in [0.2, 0.25) is 0 Å². The second kappa shape index (κ2) is 6.37. The van der Waals surface area contributed by atoms with Gasteiger partial charge >= 0.3 is 0 Å². The molecule has 0 unspecified atom stereocenters. The van der Waals surface area contributed by atoms with E-state index in [1.807, 2.05) is 30.3 Å². The van der Waals surface area contributed by atoms with Crippen molar-refractivity contribution in [2.24, 2.45) is 16.7 Å². The van der Waals surface area contributed by atoms with Gasteiger partial charge in [0, 0.05) is 11.1 Å². The van der Waals surface area contributed by atoms with Gasteiger partial charge in [-0.05, 0) is 48.5 Å². The van der Waals surface area contributed by atoms with Crippen molar-refractivity contribution in [2.75, 3.05) is 11.9 Å². The molecule has 3 nitrogen and oxygen atoms in total. The summed E-state index contributed by atoms with van der Waals surface area (Å²) in [5.74, 6) is 0.815. The number of nitrogens with one attached hydrogen (secondary N) is 2. The van der Waals surface area contributed by atoms with E-state index in [1.165, 1.54) is 0 Å². The van der Waals surface area contributed by atoms with E-state index in [2.05, 4.69) is 38.3 Å². The van der Waals surface area contributed by atoms with Gasteiger partial charge in [-0.2, -0.15) is 0 Å². The van der Waals surface area contributed by atoms with Crippen LogP contribution < -0.4 is 10.6 Å². The number of anilines is 1. The third-order valence-electron chi connectivity index (χ3n) is 5.79. The highest BCUT2D eigenvalue weighted by molar-refractivity contribution is 7.80. The molecule has 1 saturated carbocycles. The van der Waals surface area contributed by atoms with Crippen molar-refractivity contribution < 1.29 is 4.79 Å². The zero-order chi connectivity index (χ0) is 16.4. The summed E-state index contributed by atoms with van der Waals surface area (Å²) >= 11 is 5.27. The topological polar surface area (TPSA) is 41.1 Å². The van der Waals surface area contributed by atoms with Crippen LogP contribution in [-0.2, 0) is 4.79 Å². The van der Waals surface area contributed by atoms with Crippen LogP contribution in [0, 0.1) is 16.7 Å². The second-order valence-electron chi connectivity index (χ2n) is 7.09. The van der Waals surface area contributed by atoms with Crippen molar-refractivity contribution in [2.45, 2.75) is 40.5 Å². The number of ketones is 1. The molecule has 0 radical (unpaired) electrons. The SMILES string of the molecule is C[C@@H]1CC[C@](C)(C(=O)CNC(=S)Nc2ccccc2)C1(C)C. The average Bonchev–Trinajstić information content (AvgIpc) is 2.70. The molecule has 1 aliphatic rings. The van der Waals surface area contributed by atoms with E-state index in [-0.39, 0.29) is 23.2 Å². The van der Waals surface area contributed by atoms with Gasteiger partial charge in [0.2, 0.25) is 0 Å². The zero-order valence-corrected chi connectivity index (χ0v) is 14.7. The molecule has 0 aliphatic heterocycles. The predicted octanol–water partition coefficient (Wildman–Crippen LogP) is 4.00. The molecule has 4 heteroatoms. The van der Waals surface area contributed by atoms with Gasteiger partial charge in [0.15, 0.2) is 10.9 Å². The predicted molar refractivity (Wildman–Crippen MR) is 96.0 cm³/mol. The van der Waals surface area contributed by atoms with Crippen LogP contribution >= 0.6 is 12.2 Å². The van der Waals surface area contributed by atoms with Crippen LogP contribution in [0.5, 0.6) is 0 Å². The molecule has 1 aliphatic carbocycles. The highest BCUT2D eigenvalue weighted by Gasteiger charge is 2.53. The molecule has 1 fully saturated rings. The summed E-state index contributed by atoms with van der Waals surface area (Å²) in [6, 6.07) is 9.73. The normalized spacial score (nSPS) is 26.5. The van der Waals surface area contributed by atoms with Crippen LogP contribution in [-0.4, -0.2) is 17.4 Å². The maximum atomic E-state index is 12.7. The van der Waals surface area contributed by atoms with Crippen molar-refractivity contribution in [3.05, 3.63) is 30.3 Å². The van der Waals surface area contributed by atoms with E-state index in [4.69, 9.17) is 12.2 Å². The Bertz CT molecular complexity index is 555. The van der Waals surface area contributed by atoms with Gasteiger partial charge in [-0.25, -0.2) is 0 Å². The quantitative estimate of drug-likeness (QED) is 0.823. The lowest BCUT2D eigenvalue weighted by Crippen LogP contribution is -2.45. The third kappa shape index (κ3) is 3.17. The van der Waals surface area contributed by atoms with Crippen molar-refractivity contribution in [1.29, 1.82) is 0 Å². The molecule has 2 N–H and O–H groups in total. The first-order valence-electron chi connectivity index (χ1n) is 7.90. The molecule has 0 aromatic heterocycles. The summed E-state index contributed by atoms with van der Waals surface area (Å²) in [6.07, 6.45) is 2.07. The average molecular weight is 318 g/mol. The number of carbonyl (C=O) groups excluding carboxylic acids is 1. The van der Waals surface area contributed by atoms with Gasteiger partial charge in [0.25, 0.3) is 0 Å². The van der Waals surface area contributed by atoms with E-state index < -0.39 is 0 Å². The van der Waals surface area contributed by atoms with Crippen molar-refractivity contribution in [3.8, 4) is 0 Å². The molecule has 1 aromatic rings. The van der Waals surface area contributed by atoms with Crippen molar-refractivity contribution in [1.82, 2.24) is 5.32 Å². The van der Waals surface area contributed by atoms with Crippen LogP contribution in [0.3, 0.4) is 0 Å². The Kier molecular flexibility index (Phi) is 4.90. The Morgan fingerprint density at radius 3 is 2.45 bits per heavy atom. The lowest BCUT2D eigenvalue weighted by atomic mass is 9.64. The smallest absolute Gasteiger partial charge is 0.171 e. The minimum Gasteiger partial charge on any atom is -0.355 e. The number of hydrogen-bond donors (Lipinski definition) is 2. The molecule has 0 heterocycles. The Labute approximate surface area is 138 Å². The summed E-state index contributed by atoms with van der Waals surface area (Å²) in [7, 11) is 0. The first-order chi connectivity index (χ1) is 10.3. The number of thiocarbonyl (C=S) groups is 1. The lowest BCUT2D eigenvalue weighted by molar-refractivity contribution is -0.132. The minimum atomic E-state index is -0.276. The monoisotopic (exact) mass is 318 g/mol. The third-order valence-corrected chi connectivity index (χ3v) is 6.03. The number of carbonyl (C=O) groups is 1. The van der Waals surface area contributed by atoms with Gasteiger partial charge in [0.1, 0.15) is 0 Å². The largest absolute Gasteiger partial charge is 0.355 e. The lowest BCUT2D eigenvalue weighted by Gasteiger charge is -2.39. The van der Waals surface area contributed by atoms with Gasteiger partial charge in [0.05, 0.1) is 6.54 Å². The molecule has 2 atom stereocenters. The summed E-state index contributed by atoms with van der Waals surface area (Å²) in [6.45, 7) is 9.05. The van der Waals surface area contributed by atoms with Crippen LogP contribution in [0.25, 0.3) is 0 Å². The Hall–Kier alpha value is -1.42. The fourth-order valence-electron chi connectivity index (χ4n) is 3.28. The van der Waals surface area contributed by atoms with Gasteiger partial charge < -0.3 is 10.6 Å². The van der Waals surface area contributed by atoms with E-state index in [9.17, 15) is 4.79 Å². The molecular formula is C18H26N2OS. The molecule has 0 spiro atoms. The Morgan fingerprint density at radius 1 is 1.27 bits per heavy atom. The molecule has 0 amide bonds. The molecular weight excluding hydrogens is 292 g/mol. The van der Waals surface area contributed by atoms with E-state index >= 15 is 0 Å². The van der Waals surface area contributed by atoms with Gasteiger partial charge in [-0.15, -0.1) is 0 Å². The molecule has 0 bridgehead atoms. The molecule has 1 aromatic carbocycles. The van der Waals surface area contributed by atoms with E-state index in [0.29, 0.717) is 11.0 Å². The number of rotatable bonds is 4. The van der Waals surface area contributed by atoms with Crippen LogP contribution in [0.1, 0.15) is 40.5 Å². The summed E-state index contributed by atoms with van der Waals surface area (Å²) in [5.41, 5.74) is 0.677. The first-order valence-corrected chi connectivity index (χ1v) is 8.31. The van der Waals surface area contributed by atoms with Crippen molar-refractivity contribution in [3.63, 3.8) is 0 Å². The number of benzene rings is 1. The summed E-state index contributed by atoms with van der Waals surface area (Å²) in [4.78, 5) is 12.7. The number of hydrogen-bond acceptors (Lipinski definition) is 2. The van der Waals surface area contributed by atoms with Crippen LogP contribution in [0.15, 0.2) is 30.3 Å². The maximum absolute atomic E-state index is 12.7. The second-order valence-corrected chi connectivity index (χ2v) is 7.50. The van der Waals surface area contributed by atoms with E-state index in [1.54, 1.807) is 0 Å². The highest BCUT2D eigenvalue weighted by Crippen LogP contribution is 2.56. The Morgan fingerprint density at radius 2 is 1.91 bits per heavy atom. The van der Waals surface area contributed by atoms with Gasteiger partial charge in [-0.1, -0.05) is 45.9 Å². The standard InChI is InChI=1S/C18H26N2OS/c1-13-10-11-18(4,17(13,2)3)15(21)12-19-16(22)20-14-8-6-5-7-9-14/h5-9,13H,10-12H2,1-4H3,(H2,19,20,22)/t13-,18-/m1/s1. The minimum absolute atomic E-state index is 0.0280. The first kappa shape index (κ1) is 16.9. The molecule has 2 rings (SSSR count). The van der Waals surface area contributed by atoms with Crippen LogP contribution in [0.4, 0.5) is 5.69 Å². The number of Topliss-reactive ketones (excluding diaryl/α,β-unsaturated/α-hetero) is 1. The fourth-order valence-corrected chi connectivity index (χ4v) is 3.47. The van der Waals surface area contributed by atoms with E-state index in [0.717, 1.165) is 18.5 Å². The maximum Gasteiger partial charge on any atom is 0.171 e. The van der Waals surface area contributed by atoms with Crippen molar-refractivity contribution >= 4 is 28.8 Å². The highest BCUT2D eigenvalue weighted by atomic mass is 32.1. The Balaban J connectivity index is 1.92. The number of para-hydroxylation sites is 1. The zero-order valence-electron chi connectivity index (χ0n) is 13.9. The summed E-state index contributed by atoms with van der Waals surface area (Å²) in [5, 5.41) is 6.65. The van der Waals surface area contributed by atoms with Gasteiger partial charge in [-0.3, -0.25) is 4.79 Å². The fraction of sp³-hybridized carbons (Fsp3) is 0.556. The molecule has 22 heavy (non-hydrogen) atoms. The summed E-state index contributed by atoms with van der Waals surface area (Å²) < 4.78 is 0. The molecule has 0 saturated heterocycles.